The average Bonchev–Trinajstić information content (AvgIpc) is 3.57. The van der Waals surface area contributed by atoms with Gasteiger partial charge in [-0.25, -0.2) is 0 Å². The highest BCUT2D eigenvalue weighted by atomic mass is 15.0. The van der Waals surface area contributed by atoms with Crippen LogP contribution in [0, 0.1) is 22.7 Å². The molecule has 4 nitrogen and oxygen atoms in total. The first-order valence-electron chi connectivity index (χ1n) is 13.8. The number of aromatic nitrogens is 2. The molecule has 0 fully saturated rings. The van der Waals surface area contributed by atoms with Gasteiger partial charge in [0.2, 0.25) is 0 Å². The molecule has 8 rings (SSSR count). The van der Waals surface area contributed by atoms with Crippen LogP contribution in [-0.2, 0) is 0 Å². The van der Waals surface area contributed by atoms with Gasteiger partial charge in [0.1, 0.15) is 6.07 Å². The summed E-state index contributed by atoms with van der Waals surface area (Å²) in [5.41, 5.74) is 8.98. The van der Waals surface area contributed by atoms with Crippen molar-refractivity contribution in [3.05, 3.63) is 145 Å². The number of para-hydroxylation sites is 4. The maximum absolute atomic E-state index is 10.4. The van der Waals surface area contributed by atoms with Crippen LogP contribution in [0.5, 0.6) is 0 Å². The monoisotopic (exact) mass is 534 g/mol. The molecular weight excluding hydrogens is 512 g/mol. The van der Waals surface area contributed by atoms with Crippen molar-refractivity contribution >= 4 is 43.6 Å². The number of benzene rings is 6. The van der Waals surface area contributed by atoms with E-state index in [4.69, 9.17) is 0 Å². The zero-order valence-electron chi connectivity index (χ0n) is 22.5. The molecule has 8 aromatic rings. The Balaban J connectivity index is 1.40. The SMILES string of the molecule is N#Cc1ccc(-n2c3ccccc3c3ccccc32)c(-c2ccc(-n3c4ccccc4c4ccccc43)c(C#N)c2)c1. The van der Waals surface area contributed by atoms with Crippen LogP contribution >= 0.6 is 0 Å². The molecule has 0 aliphatic rings. The minimum absolute atomic E-state index is 0.564. The number of nitriles is 2. The highest BCUT2D eigenvalue weighted by Crippen LogP contribution is 2.38. The minimum Gasteiger partial charge on any atom is -0.309 e. The fourth-order valence-corrected chi connectivity index (χ4v) is 6.38. The maximum Gasteiger partial charge on any atom is 0.101 e. The van der Waals surface area contributed by atoms with Crippen LogP contribution in [0.15, 0.2) is 133 Å². The quantitative estimate of drug-likeness (QED) is 0.227. The van der Waals surface area contributed by atoms with Crippen LogP contribution in [0.3, 0.4) is 0 Å². The van der Waals surface area contributed by atoms with Crippen molar-refractivity contribution in [3.8, 4) is 34.6 Å². The van der Waals surface area contributed by atoms with Crippen LogP contribution in [0.25, 0.3) is 66.1 Å². The lowest BCUT2D eigenvalue weighted by Gasteiger charge is -2.16. The molecule has 0 aliphatic carbocycles. The van der Waals surface area contributed by atoms with Crippen molar-refractivity contribution in [1.82, 2.24) is 9.13 Å². The van der Waals surface area contributed by atoms with Gasteiger partial charge in [-0.3, -0.25) is 0 Å². The lowest BCUT2D eigenvalue weighted by Crippen LogP contribution is -2.00. The highest BCUT2D eigenvalue weighted by Gasteiger charge is 2.19. The van der Waals surface area contributed by atoms with Gasteiger partial charge in [-0.05, 0) is 60.2 Å². The van der Waals surface area contributed by atoms with E-state index < -0.39 is 0 Å². The molecule has 0 amide bonds. The molecule has 0 saturated carbocycles. The summed E-state index contributed by atoms with van der Waals surface area (Å²) in [5.74, 6) is 0. The molecule has 0 N–H and O–H groups in total. The number of fused-ring (bicyclic) bond motifs is 6. The van der Waals surface area contributed by atoms with E-state index in [2.05, 4.69) is 100 Å². The first-order chi connectivity index (χ1) is 20.8. The third-order valence-corrected chi connectivity index (χ3v) is 8.20. The maximum atomic E-state index is 10.4. The Bertz CT molecular complexity index is 2340. The standard InChI is InChI=1S/C38H22N4/c39-23-25-17-19-38(42-36-15-7-3-11-30(36)31-12-4-8-16-37(31)42)32(21-25)26-18-20-33(27(22-26)24-40)41-34-13-5-1-9-28(34)29-10-2-6-14-35(29)41/h1-22H. The number of hydrogen-bond donors (Lipinski definition) is 0. The molecule has 0 spiro atoms. The van der Waals surface area contributed by atoms with Gasteiger partial charge in [0, 0.05) is 27.1 Å². The van der Waals surface area contributed by atoms with Gasteiger partial charge in [-0.2, -0.15) is 10.5 Å². The van der Waals surface area contributed by atoms with Crippen molar-refractivity contribution < 1.29 is 0 Å². The van der Waals surface area contributed by atoms with Crippen molar-refractivity contribution in [2.24, 2.45) is 0 Å². The van der Waals surface area contributed by atoms with Crippen molar-refractivity contribution in [3.63, 3.8) is 0 Å². The fraction of sp³-hybridized carbons (Fsp3) is 0. The first-order valence-corrected chi connectivity index (χ1v) is 13.8. The Morgan fingerprint density at radius 1 is 0.429 bits per heavy atom. The van der Waals surface area contributed by atoms with Crippen molar-refractivity contribution in [2.45, 2.75) is 0 Å². The van der Waals surface area contributed by atoms with Gasteiger partial charge in [0.15, 0.2) is 0 Å². The summed E-state index contributed by atoms with van der Waals surface area (Å²) in [6.07, 6.45) is 0. The molecule has 0 atom stereocenters. The van der Waals surface area contributed by atoms with Crippen LogP contribution in [0.4, 0.5) is 0 Å². The van der Waals surface area contributed by atoms with Crippen molar-refractivity contribution in [2.75, 3.05) is 0 Å². The molecule has 2 aromatic heterocycles. The Hall–Kier alpha value is -6.10. The number of rotatable bonds is 3. The molecule has 2 heterocycles. The molecule has 194 valence electrons. The molecule has 42 heavy (non-hydrogen) atoms. The van der Waals surface area contributed by atoms with Gasteiger partial charge in [-0.15, -0.1) is 0 Å². The Morgan fingerprint density at radius 2 is 0.881 bits per heavy atom. The second kappa shape index (κ2) is 9.24. The third-order valence-electron chi connectivity index (χ3n) is 8.20. The second-order valence-electron chi connectivity index (χ2n) is 10.4. The van der Waals surface area contributed by atoms with Gasteiger partial charge in [-0.1, -0.05) is 78.9 Å². The molecule has 0 bridgehead atoms. The zero-order valence-corrected chi connectivity index (χ0v) is 22.5. The summed E-state index contributed by atoms with van der Waals surface area (Å²) < 4.78 is 4.43. The van der Waals surface area contributed by atoms with Crippen molar-refractivity contribution in [1.29, 1.82) is 10.5 Å². The van der Waals surface area contributed by atoms with Gasteiger partial charge in [0.05, 0.1) is 50.6 Å². The van der Waals surface area contributed by atoms with Gasteiger partial charge < -0.3 is 9.13 Å². The summed E-state index contributed by atoms with van der Waals surface area (Å²) in [4.78, 5) is 0. The van der Waals surface area contributed by atoms with Crippen LogP contribution in [0.2, 0.25) is 0 Å². The van der Waals surface area contributed by atoms with Gasteiger partial charge >= 0.3 is 0 Å². The topological polar surface area (TPSA) is 57.4 Å². The highest BCUT2D eigenvalue weighted by molar-refractivity contribution is 6.10. The lowest BCUT2D eigenvalue weighted by atomic mass is 9.98. The van der Waals surface area contributed by atoms with Crippen LogP contribution in [0.1, 0.15) is 11.1 Å². The van der Waals surface area contributed by atoms with E-state index in [1.807, 2.05) is 54.6 Å². The molecule has 0 unspecified atom stereocenters. The molecular formula is C38H22N4. The summed E-state index contributed by atoms with van der Waals surface area (Å²) in [7, 11) is 0. The van der Waals surface area contributed by atoms with E-state index >= 15 is 0 Å². The summed E-state index contributed by atoms with van der Waals surface area (Å²) >= 11 is 0. The normalized spacial score (nSPS) is 11.3. The average molecular weight is 535 g/mol. The van der Waals surface area contributed by atoms with Crippen LogP contribution in [-0.4, -0.2) is 9.13 Å². The molecule has 0 saturated heterocycles. The van der Waals surface area contributed by atoms with E-state index in [-0.39, 0.29) is 0 Å². The Morgan fingerprint density at radius 3 is 1.36 bits per heavy atom. The van der Waals surface area contributed by atoms with E-state index in [9.17, 15) is 10.5 Å². The molecule has 0 radical (unpaired) electrons. The summed E-state index contributed by atoms with van der Waals surface area (Å²) in [6.45, 7) is 0. The van der Waals surface area contributed by atoms with E-state index in [1.165, 1.54) is 10.8 Å². The third kappa shape index (κ3) is 3.40. The molecule has 6 aromatic carbocycles. The molecule has 0 aliphatic heterocycles. The fourth-order valence-electron chi connectivity index (χ4n) is 6.38. The van der Waals surface area contributed by atoms with Crippen LogP contribution < -0.4 is 0 Å². The smallest absolute Gasteiger partial charge is 0.101 e. The minimum atomic E-state index is 0.564. The predicted molar refractivity (Wildman–Crippen MR) is 170 cm³/mol. The summed E-state index contributed by atoms with van der Waals surface area (Å²) in [6, 6.07) is 50.0. The van der Waals surface area contributed by atoms with Gasteiger partial charge in [0.25, 0.3) is 0 Å². The number of nitrogens with zero attached hydrogens (tertiary/aromatic N) is 4. The predicted octanol–water partition coefficient (Wildman–Crippen LogP) is 9.29. The Labute approximate surface area is 242 Å². The molecule has 4 heteroatoms. The number of hydrogen-bond acceptors (Lipinski definition) is 2. The zero-order chi connectivity index (χ0) is 28.2. The van der Waals surface area contributed by atoms with E-state index in [1.54, 1.807) is 0 Å². The van der Waals surface area contributed by atoms with E-state index in [0.29, 0.717) is 11.1 Å². The Kier molecular flexibility index (Phi) is 5.22. The summed E-state index contributed by atoms with van der Waals surface area (Å²) in [5, 5.41) is 24.9. The van der Waals surface area contributed by atoms with E-state index in [0.717, 1.165) is 55.3 Å². The lowest BCUT2D eigenvalue weighted by molar-refractivity contribution is 1.16. The largest absolute Gasteiger partial charge is 0.309 e. The first kappa shape index (κ1) is 23.8. The second-order valence-corrected chi connectivity index (χ2v) is 10.4.